The van der Waals surface area contributed by atoms with E-state index in [1.807, 2.05) is 0 Å². The first-order valence-electron chi connectivity index (χ1n) is 8.02. The molecule has 0 atom stereocenters. The van der Waals surface area contributed by atoms with Gasteiger partial charge in [-0.25, -0.2) is 0 Å². The number of rotatable bonds is 6. The molecule has 0 saturated carbocycles. The second-order valence-electron chi connectivity index (χ2n) is 5.76. The topological polar surface area (TPSA) is 105 Å². The van der Waals surface area contributed by atoms with Crippen molar-refractivity contribution in [2.24, 2.45) is 5.73 Å². The summed E-state index contributed by atoms with van der Waals surface area (Å²) >= 11 is 6.51. The van der Waals surface area contributed by atoms with Gasteiger partial charge in [0.15, 0.2) is 6.61 Å². The minimum absolute atomic E-state index is 0.128. The quantitative estimate of drug-likeness (QED) is 0.406. The third-order valence-electron chi connectivity index (χ3n) is 3.51. The standard InChI is InChI=1S/C19H12Br2F3N3O3/c20-13-5-10(17(15(21)7-13)30-9-16(26)28)4-11(8-25)18(29)27-14-3-1-2-12(6-14)19(22,23)24/h1-7H,9H2,(H2,26,28)(H,27,29)/b11-4+. The van der Waals surface area contributed by atoms with E-state index in [0.29, 0.717) is 8.95 Å². The fourth-order valence-electron chi connectivity index (χ4n) is 2.26. The lowest BCUT2D eigenvalue weighted by molar-refractivity contribution is -0.137. The van der Waals surface area contributed by atoms with Crippen LogP contribution in [0.2, 0.25) is 0 Å². The maximum Gasteiger partial charge on any atom is 0.416 e. The van der Waals surface area contributed by atoms with Crippen LogP contribution >= 0.6 is 31.9 Å². The van der Waals surface area contributed by atoms with E-state index in [9.17, 15) is 28.0 Å². The van der Waals surface area contributed by atoms with Crippen LogP contribution in [-0.2, 0) is 15.8 Å². The average molecular weight is 547 g/mol. The molecule has 0 unspecified atom stereocenters. The monoisotopic (exact) mass is 545 g/mol. The number of nitriles is 1. The molecule has 0 radical (unpaired) electrons. The van der Waals surface area contributed by atoms with E-state index in [1.54, 1.807) is 12.1 Å². The molecule has 0 aromatic heterocycles. The molecule has 0 aliphatic carbocycles. The average Bonchev–Trinajstić information content (AvgIpc) is 2.64. The highest BCUT2D eigenvalue weighted by atomic mass is 79.9. The number of carbonyl (C=O) groups excluding carboxylic acids is 2. The molecule has 2 rings (SSSR count). The summed E-state index contributed by atoms with van der Waals surface area (Å²) in [6, 6.07) is 8.84. The number of hydrogen-bond acceptors (Lipinski definition) is 4. The molecule has 6 nitrogen and oxygen atoms in total. The number of alkyl halides is 3. The van der Waals surface area contributed by atoms with Gasteiger partial charge in [-0.15, -0.1) is 0 Å². The number of nitrogens with two attached hydrogens (primary N) is 1. The molecule has 0 bridgehead atoms. The Hall–Kier alpha value is -2.84. The minimum Gasteiger partial charge on any atom is -0.482 e. The SMILES string of the molecule is N#C/C(=C\c1cc(Br)cc(Br)c1OCC(N)=O)C(=O)Nc1cccc(C(F)(F)F)c1. The van der Waals surface area contributed by atoms with Crippen molar-refractivity contribution >= 4 is 55.4 Å². The lowest BCUT2D eigenvalue weighted by Gasteiger charge is -2.12. The van der Waals surface area contributed by atoms with Gasteiger partial charge in [0.05, 0.1) is 10.0 Å². The molecule has 0 heterocycles. The Morgan fingerprint density at radius 1 is 1.23 bits per heavy atom. The van der Waals surface area contributed by atoms with E-state index < -0.39 is 35.7 Å². The number of primary amides is 1. The van der Waals surface area contributed by atoms with E-state index in [4.69, 9.17) is 10.5 Å². The molecule has 2 amide bonds. The van der Waals surface area contributed by atoms with Crippen LogP contribution in [0.25, 0.3) is 6.08 Å². The molecule has 11 heteroatoms. The van der Waals surface area contributed by atoms with Crippen molar-refractivity contribution in [1.29, 1.82) is 5.26 Å². The maximum atomic E-state index is 12.8. The number of halogens is 5. The highest BCUT2D eigenvalue weighted by molar-refractivity contribution is 9.11. The van der Waals surface area contributed by atoms with Gasteiger partial charge in [-0.2, -0.15) is 18.4 Å². The number of amides is 2. The van der Waals surface area contributed by atoms with Gasteiger partial charge < -0.3 is 15.8 Å². The highest BCUT2D eigenvalue weighted by Crippen LogP contribution is 2.35. The summed E-state index contributed by atoms with van der Waals surface area (Å²) in [6.45, 7) is -0.445. The van der Waals surface area contributed by atoms with Crippen LogP contribution in [-0.4, -0.2) is 18.4 Å². The van der Waals surface area contributed by atoms with Crippen molar-refractivity contribution in [3.63, 3.8) is 0 Å². The first-order valence-corrected chi connectivity index (χ1v) is 9.60. The summed E-state index contributed by atoms with van der Waals surface area (Å²) in [4.78, 5) is 23.4. The molecule has 0 spiro atoms. The smallest absolute Gasteiger partial charge is 0.416 e. The fourth-order valence-corrected chi connectivity index (χ4v) is 3.63. The minimum atomic E-state index is -4.58. The third-order valence-corrected chi connectivity index (χ3v) is 4.56. The van der Waals surface area contributed by atoms with Crippen LogP contribution in [0.15, 0.2) is 50.9 Å². The largest absolute Gasteiger partial charge is 0.482 e. The predicted molar refractivity (Wildman–Crippen MR) is 110 cm³/mol. The van der Waals surface area contributed by atoms with Crippen molar-refractivity contribution in [3.8, 4) is 11.8 Å². The summed E-state index contributed by atoms with van der Waals surface area (Å²) in [5.41, 5.74) is 3.86. The maximum absolute atomic E-state index is 12.8. The van der Waals surface area contributed by atoms with Gasteiger partial charge in [0, 0.05) is 15.7 Å². The number of nitrogens with one attached hydrogen (secondary N) is 1. The number of carbonyl (C=O) groups is 2. The molecule has 2 aromatic rings. The normalized spacial score (nSPS) is 11.5. The Balaban J connectivity index is 2.37. The summed E-state index contributed by atoms with van der Waals surface area (Å²) in [5.74, 6) is -1.51. The van der Waals surface area contributed by atoms with Crippen LogP contribution in [0, 0.1) is 11.3 Å². The van der Waals surface area contributed by atoms with E-state index in [0.717, 1.165) is 18.2 Å². The zero-order valence-corrected chi connectivity index (χ0v) is 18.1. The second kappa shape index (κ2) is 9.77. The molecule has 0 fully saturated rings. The molecular formula is C19H12Br2F3N3O3. The number of hydrogen-bond donors (Lipinski definition) is 2. The molecule has 156 valence electrons. The van der Waals surface area contributed by atoms with Gasteiger partial charge >= 0.3 is 6.18 Å². The van der Waals surface area contributed by atoms with Crippen LogP contribution in [0.5, 0.6) is 5.75 Å². The van der Waals surface area contributed by atoms with Crippen molar-refractivity contribution in [1.82, 2.24) is 0 Å². The zero-order chi connectivity index (χ0) is 22.5. The van der Waals surface area contributed by atoms with E-state index >= 15 is 0 Å². The van der Waals surface area contributed by atoms with Crippen molar-refractivity contribution < 1.29 is 27.5 Å². The van der Waals surface area contributed by atoms with Gasteiger partial charge in [-0.05, 0) is 52.3 Å². The Kier molecular flexibility index (Phi) is 7.64. The van der Waals surface area contributed by atoms with E-state index in [1.165, 1.54) is 18.2 Å². The zero-order valence-electron chi connectivity index (χ0n) is 14.9. The van der Waals surface area contributed by atoms with Gasteiger partial charge in [0.25, 0.3) is 11.8 Å². The molecule has 30 heavy (non-hydrogen) atoms. The third kappa shape index (κ3) is 6.33. The van der Waals surface area contributed by atoms with Gasteiger partial charge in [0.2, 0.25) is 0 Å². The van der Waals surface area contributed by atoms with E-state index in [2.05, 4.69) is 37.2 Å². The van der Waals surface area contributed by atoms with Crippen LogP contribution in [0.1, 0.15) is 11.1 Å². The second-order valence-corrected chi connectivity index (χ2v) is 7.53. The van der Waals surface area contributed by atoms with Gasteiger partial charge in [-0.3, -0.25) is 9.59 Å². The summed E-state index contributed by atoms with van der Waals surface area (Å²) in [5, 5.41) is 11.6. The van der Waals surface area contributed by atoms with Crippen LogP contribution < -0.4 is 15.8 Å². The van der Waals surface area contributed by atoms with E-state index in [-0.39, 0.29) is 17.0 Å². The summed E-state index contributed by atoms with van der Waals surface area (Å²) in [7, 11) is 0. The molecule has 2 aromatic carbocycles. The van der Waals surface area contributed by atoms with Crippen molar-refractivity contribution in [2.75, 3.05) is 11.9 Å². The number of anilines is 1. The molecule has 3 N–H and O–H groups in total. The summed E-state index contributed by atoms with van der Waals surface area (Å²) < 4.78 is 44.8. The van der Waals surface area contributed by atoms with Gasteiger partial charge in [0.1, 0.15) is 17.4 Å². The molecule has 0 aliphatic heterocycles. The number of benzene rings is 2. The number of nitrogens with zero attached hydrogens (tertiary/aromatic N) is 1. The molecular weight excluding hydrogens is 535 g/mol. The van der Waals surface area contributed by atoms with Crippen LogP contribution in [0.3, 0.4) is 0 Å². The Bertz CT molecular complexity index is 1060. The Morgan fingerprint density at radius 3 is 2.53 bits per heavy atom. The van der Waals surface area contributed by atoms with Gasteiger partial charge in [-0.1, -0.05) is 22.0 Å². The van der Waals surface area contributed by atoms with Crippen LogP contribution in [0.4, 0.5) is 18.9 Å². The van der Waals surface area contributed by atoms with Crippen molar-refractivity contribution in [3.05, 3.63) is 62.0 Å². The van der Waals surface area contributed by atoms with Crippen molar-refractivity contribution in [2.45, 2.75) is 6.18 Å². The highest BCUT2D eigenvalue weighted by Gasteiger charge is 2.30. The lowest BCUT2D eigenvalue weighted by atomic mass is 10.1. The first-order chi connectivity index (χ1) is 14.0. The number of ether oxygens (including phenoxy) is 1. The Morgan fingerprint density at radius 2 is 1.93 bits per heavy atom. The predicted octanol–water partition coefficient (Wildman–Crippen LogP) is 4.64. The summed E-state index contributed by atoms with van der Waals surface area (Å²) in [6.07, 6.45) is -3.40. The molecule has 0 aliphatic rings. The molecule has 0 saturated heterocycles. The fraction of sp³-hybridized carbons (Fsp3) is 0.105. The first kappa shape index (κ1) is 23.4. The lowest BCUT2D eigenvalue weighted by Crippen LogP contribution is -2.20. The Labute approximate surface area is 185 Å².